The van der Waals surface area contributed by atoms with E-state index < -0.39 is 0 Å². The Kier molecular flexibility index (Phi) is 4.43. The molecule has 0 aromatic heterocycles. The van der Waals surface area contributed by atoms with Crippen LogP contribution in [-0.4, -0.2) is 11.7 Å². The number of carbonyl (C=O) groups excluding carboxylic acids is 1. The molecule has 14 heavy (non-hydrogen) atoms. The molecule has 0 saturated carbocycles. The zero-order valence-electron chi connectivity index (χ0n) is 8.02. The second-order valence-electron chi connectivity index (χ2n) is 3.20. The van der Waals surface area contributed by atoms with Crippen molar-refractivity contribution in [3.63, 3.8) is 0 Å². The number of benzene rings is 1. The molecular weight excluding hydrogens is 219 g/mol. The van der Waals surface area contributed by atoms with Crippen LogP contribution in [0.15, 0.2) is 18.2 Å². The van der Waals surface area contributed by atoms with Gasteiger partial charge in [0.2, 0.25) is 0 Å². The maximum Gasteiger partial charge on any atom is 0.151 e. The monoisotopic (exact) mass is 230 g/mol. The summed E-state index contributed by atoms with van der Waals surface area (Å²) in [5.74, 6) is 0.537. The summed E-state index contributed by atoms with van der Waals surface area (Å²) in [5.41, 5.74) is 3.14. The van der Waals surface area contributed by atoms with Gasteiger partial charge in [0, 0.05) is 12.3 Å². The van der Waals surface area contributed by atoms with Gasteiger partial charge in [-0.15, -0.1) is 23.2 Å². The van der Waals surface area contributed by atoms with Crippen LogP contribution in [0.3, 0.4) is 0 Å². The Morgan fingerprint density at radius 1 is 1.36 bits per heavy atom. The number of hydrogen-bond donors (Lipinski definition) is 0. The molecule has 0 bridgehead atoms. The van der Waals surface area contributed by atoms with E-state index in [0.29, 0.717) is 12.3 Å². The second-order valence-corrected chi connectivity index (χ2v) is 3.73. The molecule has 0 saturated heterocycles. The van der Waals surface area contributed by atoms with Gasteiger partial charge in [-0.2, -0.15) is 0 Å². The lowest BCUT2D eigenvalue weighted by Gasteiger charge is -2.08. The first kappa shape index (κ1) is 11.5. The number of carbonyl (C=O) groups is 1. The minimum absolute atomic E-state index is 0.0346. The van der Waals surface area contributed by atoms with Crippen molar-refractivity contribution in [2.24, 2.45) is 0 Å². The van der Waals surface area contributed by atoms with Crippen LogP contribution >= 0.6 is 23.2 Å². The molecule has 0 heterocycles. The van der Waals surface area contributed by atoms with Gasteiger partial charge in [-0.25, -0.2) is 0 Å². The van der Waals surface area contributed by atoms with E-state index in [0.717, 1.165) is 16.7 Å². The molecule has 0 aliphatic rings. The summed E-state index contributed by atoms with van der Waals surface area (Å²) in [7, 11) is 0. The third-order valence-corrected chi connectivity index (χ3v) is 2.76. The minimum Gasteiger partial charge on any atom is -0.298 e. The number of Topliss-reactive ketones (excluding diaryl/α,β-unsaturated/α-hetero) is 1. The standard InChI is InChI=1S/C11H12Cl2O/c1-8-3-2-4-9(6-12)11(8)5-10(14)7-13/h2-4H,5-7H2,1H3. The Bertz CT molecular complexity index is 334. The second kappa shape index (κ2) is 5.38. The molecule has 3 heteroatoms. The highest BCUT2D eigenvalue weighted by atomic mass is 35.5. The molecule has 1 aromatic rings. The highest BCUT2D eigenvalue weighted by molar-refractivity contribution is 6.27. The third-order valence-electron chi connectivity index (χ3n) is 2.17. The van der Waals surface area contributed by atoms with Crippen molar-refractivity contribution in [2.45, 2.75) is 19.2 Å². The summed E-state index contributed by atoms with van der Waals surface area (Å²) in [6, 6.07) is 5.87. The topological polar surface area (TPSA) is 17.1 Å². The van der Waals surface area contributed by atoms with Gasteiger partial charge in [0.05, 0.1) is 5.88 Å². The predicted molar refractivity (Wildman–Crippen MR) is 60.2 cm³/mol. The lowest BCUT2D eigenvalue weighted by molar-refractivity contribution is -0.116. The molecule has 0 atom stereocenters. The average molecular weight is 231 g/mol. The molecular formula is C11H12Cl2O. The molecule has 0 radical (unpaired) electrons. The van der Waals surface area contributed by atoms with Gasteiger partial charge in [0.1, 0.15) is 0 Å². The zero-order valence-corrected chi connectivity index (χ0v) is 9.53. The molecule has 0 amide bonds. The minimum atomic E-state index is 0.0346. The van der Waals surface area contributed by atoms with E-state index in [1.54, 1.807) is 0 Å². The molecule has 0 unspecified atom stereocenters. The smallest absolute Gasteiger partial charge is 0.151 e. The highest BCUT2D eigenvalue weighted by Crippen LogP contribution is 2.17. The summed E-state index contributed by atoms with van der Waals surface area (Å²) < 4.78 is 0. The molecule has 1 aromatic carbocycles. The van der Waals surface area contributed by atoms with E-state index in [9.17, 15) is 4.79 Å². The first-order chi connectivity index (χ1) is 6.69. The first-order valence-electron chi connectivity index (χ1n) is 4.40. The van der Waals surface area contributed by atoms with Crippen molar-refractivity contribution in [1.29, 1.82) is 0 Å². The Morgan fingerprint density at radius 2 is 2.07 bits per heavy atom. The van der Waals surface area contributed by atoms with E-state index >= 15 is 0 Å². The van der Waals surface area contributed by atoms with Gasteiger partial charge in [-0.1, -0.05) is 18.2 Å². The van der Waals surface area contributed by atoms with Crippen LogP contribution in [0.5, 0.6) is 0 Å². The number of rotatable bonds is 4. The highest BCUT2D eigenvalue weighted by Gasteiger charge is 2.08. The first-order valence-corrected chi connectivity index (χ1v) is 5.47. The van der Waals surface area contributed by atoms with Crippen molar-refractivity contribution in [1.82, 2.24) is 0 Å². The molecule has 0 fully saturated rings. The Hall–Kier alpha value is -0.530. The zero-order chi connectivity index (χ0) is 10.6. The van der Waals surface area contributed by atoms with Crippen LogP contribution in [0.25, 0.3) is 0 Å². The number of hydrogen-bond acceptors (Lipinski definition) is 1. The van der Waals surface area contributed by atoms with Crippen LogP contribution in [0.1, 0.15) is 16.7 Å². The van der Waals surface area contributed by atoms with Crippen molar-refractivity contribution >= 4 is 29.0 Å². The fraction of sp³-hybridized carbons (Fsp3) is 0.364. The Balaban J connectivity index is 2.98. The molecule has 0 N–H and O–H groups in total. The largest absolute Gasteiger partial charge is 0.298 e. The molecule has 0 aliphatic carbocycles. The van der Waals surface area contributed by atoms with E-state index in [1.165, 1.54) is 0 Å². The van der Waals surface area contributed by atoms with Gasteiger partial charge in [-0.05, 0) is 23.6 Å². The van der Waals surface area contributed by atoms with Gasteiger partial charge >= 0.3 is 0 Å². The molecule has 1 rings (SSSR count). The molecule has 0 spiro atoms. The van der Waals surface area contributed by atoms with Crippen molar-refractivity contribution in [3.8, 4) is 0 Å². The molecule has 0 aliphatic heterocycles. The quantitative estimate of drug-likeness (QED) is 0.727. The van der Waals surface area contributed by atoms with Crippen molar-refractivity contribution in [3.05, 3.63) is 34.9 Å². The SMILES string of the molecule is Cc1cccc(CCl)c1CC(=O)CCl. The van der Waals surface area contributed by atoms with Crippen LogP contribution < -0.4 is 0 Å². The number of halogens is 2. The predicted octanol–water partition coefficient (Wildman–Crippen LogP) is 3.08. The van der Waals surface area contributed by atoms with Gasteiger partial charge in [-0.3, -0.25) is 4.79 Å². The van der Waals surface area contributed by atoms with Gasteiger partial charge in [0.15, 0.2) is 5.78 Å². The van der Waals surface area contributed by atoms with E-state index in [1.807, 2.05) is 25.1 Å². The summed E-state index contributed by atoms with van der Waals surface area (Å²) in [6.07, 6.45) is 0.387. The van der Waals surface area contributed by atoms with Gasteiger partial charge < -0.3 is 0 Å². The fourth-order valence-electron chi connectivity index (χ4n) is 1.39. The van der Waals surface area contributed by atoms with Crippen molar-refractivity contribution < 1.29 is 4.79 Å². The van der Waals surface area contributed by atoms with Crippen LogP contribution in [-0.2, 0) is 17.1 Å². The number of alkyl halides is 2. The van der Waals surface area contributed by atoms with Crippen LogP contribution in [0.4, 0.5) is 0 Å². The molecule has 76 valence electrons. The lowest BCUT2D eigenvalue weighted by Crippen LogP contribution is -2.07. The Labute approximate surface area is 94.0 Å². The van der Waals surface area contributed by atoms with E-state index in [4.69, 9.17) is 23.2 Å². The lowest BCUT2D eigenvalue weighted by atomic mass is 9.98. The van der Waals surface area contributed by atoms with Crippen LogP contribution in [0, 0.1) is 6.92 Å². The number of ketones is 1. The maximum absolute atomic E-state index is 11.2. The Morgan fingerprint density at radius 3 is 2.64 bits per heavy atom. The van der Waals surface area contributed by atoms with Gasteiger partial charge in [0.25, 0.3) is 0 Å². The summed E-state index contributed by atoms with van der Waals surface area (Å²) >= 11 is 11.3. The summed E-state index contributed by atoms with van der Waals surface area (Å²) in [5, 5.41) is 0. The number of aryl methyl sites for hydroxylation is 1. The van der Waals surface area contributed by atoms with Crippen LogP contribution in [0.2, 0.25) is 0 Å². The summed E-state index contributed by atoms with van der Waals surface area (Å²) in [4.78, 5) is 11.2. The third kappa shape index (κ3) is 2.73. The average Bonchev–Trinajstić information content (AvgIpc) is 2.20. The molecule has 1 nitrogen and oxygen atoms in total. The maximum atomic E-state index is 11.2. The summed E-state index contributed by atoms with van der Waals surface area (Å²) in [6.45, 7) is 1.98. The van der Waals surface area contributed by atoms with E-state index in [-0.39, 0.29) is 11.7 Å². The van der Waals surface area contributed by atoms with E-state index in [2.05, 4.69) is 0 Å². The van der Waals surface area contributed by atoms with Crippen molar-refractivity contribution in [2.75, 3.05) is 5.88 Å². The normalized spacial score (nSPS) is 10.2. The fourth-order valence-corrected chi connectivity index (χ4v) is 1.73.